The quantitative estimate of drug-likeness (QED) is 0.860. The third kappa shape index (κ3) is 4.06. The zero-order valence-corrected chi connectivity index (χ0v) is 10.5. The number of aromatic nitrogens is 1. The number of ether oxygens (including phenoxy) is 1. The standard InChI is InChI=1S/C8H11BrN2O2S/c1-8(2,3)11-6(12)13-7-10-4-5(9)14-7/h4H,1-3H3,(H,11,12). The molecule has 4 nitrogen and oxygen atoms in total. The molecule has 0 aliphatic rings. The van der Waals surface area contributed by atoms with Crippen LogP contribution in [0.25, 0.3) is 0 Å². The van der Waals surface area contributed by atoms with Crippen molar-refractivity contribution in [2.24, 2.45) is 0 Å². The lowest BCUT2D eigenvalue weighted by atomic mass is 10.1. The molecule has 0 radical (unpaired) electrons. The van der Waals surface area contributed by atoms with Crippen LogP contribution >= 0.6 is 27.3 Å². The molecule has 6 heteroatoms. The van der Waals surface area contributed by atoms with Crippen molar-refractivity contribution in [1.82, 2.24) is 10.3 Å². The van der Waals surface area contributed by atoms with Gasteiger partial charge in [0.05, 0.1) is 9.98 Å². The van der Waals surface area contributed by atoms with Crippen LogP contribution in [-0.2, 0) is 0 Å². The van der Waals surface area contributed by atoms with Crippen LogP contribution in [0.15, 0.2) is 9.98 Å². The lowest BCUT2D eigenvalue weighted by Crippen LogP contribution is -2.42. The Morgan fingerprint density at radius 3 is 2.71 bits per heavy atom. The van der Waals surface area contributed by atoms with E-state index in [0.29, 0.717) is 5.19 Å². The lowest BCUT2D eigenvalue weighted by Gasteiger charge is -2.18. The van der Waals surface area contributed by atoms with Crippen LogP contribution in [0.3, 0.4) is 0 Å². The van der Waals surface area contributed by atoms with Crippen molar-refractivity contribution in [1.29, 1.82) is 0 Å². The number of hydrogen-bond donors (Lipinski definition) is 1. The summed E-state index contributed by atoms with van der Waals surface area (Å²) >= 11 is 4.49. The van der Waals surface area contributed by atoms with Crippen molar-refractivity contribution in [3.8, 4) is 5.19 Å². The van der Waals surface area contributed by atoms with Gasteiger partial charge in [0.2, 0.25) is 0 Å². The fraction of sp³-hybridized carbons (Fsp3) is 0.500. The normalized spacial score (nSPS) is 11.1. The van der Waals surface area contributed by atoms with E-state index in [-0.39, 0.29) is 5.54 Å². The highest BCUT2D eigenvalue weighted by atomic mass is 79.9. The summed E-state index contributed by atoms with van der Waals surface area (Å²) < 4.78 is 5.77. The number of amides is 1. The van der Waals surface area contributed by atoms with Gasteiger partial charge in [-0.05, 0) is 36.7 Å². The van der Waals surface area contributed by atoms with Crippen molar-refractivity contribution in [3.63, 3.8) is 0 Å². The maximum atomic E-state index is 11.3. The highest BCUT2D eigenvalue weighted by molar-refractivity contribution is 9.11. The average molecular weight is 279 g/mol. The van der Waals surface area contributed by atoms with E-state index in [1.165, 1.54) is 11.3 Å². The molecule has 14 heavy (non-hydrogen) atoms. The summed E-state index contributed by atoms with van der Waals surface area (Å²) in [4.78, 5) is 15.1. The van der Waals surface area contributed by atoms with Crippen molar-refractivity contribution in [2.75, 3.05) is 0 Å². The first-order chi connectivity index (χ1) is 6.37. The number of thiazole rings is 1. The highest BCUT2D eigenvalue weighted by Gasteiger charge is 2.16. The second kappa shape index (κ2) is 4.27. The van der Waals surface area contributed by atoms with Gasteiger partial charge in [-0.25, -0.2) is 9.78 Å². The molecule has 0 unspecified atom stereocenters. The summed E-state index contributed by atoms with van der Waals surface area (Å²) in [5, 5.41) is 3.00. The van der Waals surface area contributed by atoms with Crippen LogP contribution in [0.2, 0.25) is 0 Å². The van der Waals surface area contributed by atoms with Gasteiger partial charge in [-0.1, -0.05) is 11.3 Å². The molecule has 1 aromatic heterocycles. The van der Waals surface area contributed by atoms with E-state index in [2.05, 4.69) is 26.2 Å². The van der Waals surface area contributed by atoms with Gasteiger partial charge in [0.25, 0.3) is 5.19 Å². The smallest absolute Gasteiger partial charge is 0.381 e. The molecule has 0 aliphatic carbocycles. The summed E-state index contributed by atoms with van der Waals surface area (Å²) in [7, 11) is 0. The Bertz CT molecular complexity index is 332. The predicted octanol–water partition coefficient (Wildman–Crippen LogP) is 2.79. The number of carbonyl (C=O) groups excluding carboxylic acids is 1. The SMILES string of the molecule is CC(C)(C)NC(=O)Oc1ncc(Br)s1. The molecule has 0 fully saturated rings. The number of halogens is 1. The zero-order valence-electron chi connectivity index (χ0n) is 8.13. The number of nitrogens with one attached hydrogen (secondary N) is 1. The average Bonchev–Trinajstić information content (AvgIpc) is 2.30. The molecule has 0 atom stereocenters. The minimum atomic E-state index is -0.487. The third-order valence-electron chi connectivity index (χ3n) is 1.11. The molecule has 0 saturated heterocycles. The van der Waals surface area contributed by atoms with Gasteiger partial charge < -0.3 is 10.1 Å². The van der Waals surface area contributed by atoms with Crippen molar-refractivity contribution >= 4 is 33.4 Å². The van der Waals surface area contributed by atoms with Gasteiger partial charge in [-0.2, -0.15) is 0 Å². The Kier molecular flexibility index (Phi) is 3.49. The highest BCUT2D eigenvalue weighted by Crippen LogP contribution is 2.25. The Morgan fingerprint density at radius 2 is 2.29 bits per heavy atom. The van der Waals surface area contributed by atoms with Gasteiger partial charge in [-0.3, -0.25) is 0 Å². The van der Waals surface area contributed by atoms with Gasteiger partial charge >= 0.3 is 6.09 Å². The predicted molar refractivity (Wildman–Crippen MR) is 58.7 cm³/mol. The fourth-order valence-corrected chi connectivity index (χ4v) is 1.71. The monoisotopic (exact) mass is 278 g/mol. The van der Waals surface area contributed by atoms with Gasteiger partial charge in [0.15, 0.2) is 0 Å². The Morgan fingerprint density at radius 1 is 1.64 bits per heavy atom. The van der Waals surface area contributed by atoms with Crippen LogP contribution in [0.4, 0.5) is 4.79 Å². The molecule has 1 N–H and O–H groups in total. The van der Waals surface area contributed by atoms with Crippen LogP contribution in [0.5, 0.6) is 5.19 Å². The molecular formula is C8H11BrN2O2S. The van der Waals surface area contributed by atoms with E-state index in [4.69, 9.17) is 4.74 Å². The first kappa shape index (κ1) is 11.5. The molecule has 0 saturated carbocycles. The van der Waals surface area contributed by atoms with E-state index < -0.39 is 6.09 Å². The minimum absolute atomic E-state index is 0.300. The topological polar surface area (TPSA) is 51.2 Å². The molecule has 1 heterocycles. The molecule has 0 aromatic carbocycles. The second-order valence-corrected chi connectivity index (χ2v) is 6.07. The summed E-state index contributed by atoms with van der Waals surface area (Å²) in [6, 6.07) is 0. The van der Waals surface area contributed by atoms with Gasteiger partial charge in [-0.15, -0.1) is 0 Å². The van der Waals surface area contributed by atoms with E-state index in [1.807, 2.05) is 20.8 Å². The molecule has 1 aromatic rings. The summed E-state index contributed by atoms with van der Waals surface area (Å²) in [6.45, 7) is 5.64. The van der Waals surface area contributed by atoms with Gasteiger partial charge in [0.1, 0.15) is 0 Å². The molecule has 0 aliphatic heterocycles. The van der Waals surface area contributed by atoms with Crippen LogP contribution in [-0.4, -0.2) is 16.6 Å². The third-order valence-corrected chi connectivity index (χ3v) is 2.47. The van der Waals surface area contributed by atoms with Crippen LogP contribution < -0.4 is 10.1 Å². The van der Waals surface area contributed by atoms with Crippen molar-refractivity contribution < 1.29 is 9.53 Å². The minimum Gasteiger partial charge on any atom is -0.381 e. The lowest BCUT2D eigenvalue weighted by molar-refractivity contribution is 0.190. The van der Waals surface area contributed by atoms with E-state index >= 15 is 0 Å². The van der Waals surface area contributed by atoms with Crippen molar-refractivity contribution in [3.05, 3.63) is 9.98 Å². The summed E-state index contributed by atoms with van der Waals surface area (Å²) in [5.74, 6) is 0. The second-order valence-electron chi connectivity index (χ2n) is 3.69. The largest absolute Gasteiger partial charge is 0.414 e. The first-order valence-corrected chi connectivity index (χ1v) is 5.59. The molecule has 1 rings (SSSR count). The zero-order chi connectivity index (χ0) is 10.8. The van der Waals surface area contributed by atoms with Crippen molar-refractivity contribution in [2.45, 2.75) is 26.3 Å². The number of carbonyl (C=O) groups is 1. The maximum absolute atomic E-state index is 11.3. The van der Waals surface area contributed by atoms with E-state index in [1.54, 1.807) is 6.20 Å². The number of nitrogens with zero attached hydrogens (tertiary/aromatic N) is 1. The first-order valence-electron chi connectivity index (χ1n) is 3.98. The van der Waals surface area contributed by atoms with Crippen LogP contribution in [0, 0.1) is 0 Å². The maximum Gasteiger partial charge on any atom is 0.414 e. The van der Waals surface area contributed by atoms with Gasteiger partial charge in [0, 0.05) is 5.54 Å². The molecule has 1 amide bonds. The Balaban J connectivity index is 2.50. The van der Waals surface area contributed by atoms with E-state index in [9.17, 15) is 4.79 Å². The molecular weight excluding hydrogens is 268 g/mol. The number of rotatable bonds is 1. The number of hydrogen-bond acceptors (Lipinski definition) is 4. The molecule has 78 valence electrons. The Labute approximate surface area is 94.8 Å². The molecule has 0 bridgehead atoms. The Hall–Kier alpha value is -0.620. The van der Waals surface area contributed by atoms with E-state index in [0.717, 1.165) is 3.79 Å². The summed E-state index contributed by atoms with van der Waals surface area (Å²) in [6.07, 6.45) is 1.10. The fourth-order valence-electron chi connectivity index (χ4n) is 0.698. The van der Waals surface area contributed by atoms with Crippen LogP contribution in [0.1, 0.15) is 20.8 Å². The summed E-state index contributed by atoms with van der Waals surface area (Å²) in [5.41, 5.74) is -0.300. The molecule has 0 spiro atoms.